The highest BCUT2D eigenvalue weighted by Gasteiger charge is 2.28. The lowest BCUT2D eigenvalue weighted by atomic mass is 9.90. The van der Waals surface area contributed by atoms with Crippen molar-refractivity contribution in [2.45, 2.75) is 32.6 Å². The van der Waals surface area contributed by atoms with Crippen LogP contribution in [0.15, 0.2) is 83.5 Å². The van der Waals surface area contributed by atoms with Crippen LogP contribution in [-0.2, 0) is 0 Å². The third-order valence-corrected chi connectivity index (χ3v) is 4.42. The molecule has 2 aliphatic rings. The van der Waals surface area contributed by atoms with Gasteiger partial charge in [0, 0.05) is 5.92 Å². The number of hydrogen-bond donors (Lipinski definition) is 0. The van der Waals surface area contributed by atoms with Crippen LogP contribution in [0.3, 0.4) is 0 Å². The zero-order chi connectivity index (χ0) is 15.0. The van der Waals surface area contributed by atoms with Gasteiger partial charge in [0.05, 0.1) is 0 Å². The molecule has 106 valence electrons. The van der Waals surface area contributed by atoms with E-state index in [4.69, 9.17) is 0 Å². The predicted molar refractivity (Wildman–Crippen MR) is 91.4 cm³/mol. The predicted octanol–water partition coefficient (Wildman–Crippen LogP) is 5.80. The molecule has 1 saturated carbocycles. The molecule has 1 unspecified atom stereocenters. The van der Waals surface area contributed by atoms with Crippen LogP contribution in [-0.4, -0.2) is 0 Å². The van der Waals surface area contributed by atoms with Gasteiger partial charge in [-0.15, -0.1) is 0 Å². The lowest BCUT2D eigenvalue weighted by Gasteiger charge is -2.13. The van der Waals surface area contributed by atoms with Crippen molar-refractivity contribution in [1.29, 1.82) is 0 Å². The topological polar surface area (TPSA) is 0 Å². The third kappa shape index (κ3) is 2.71. The van der Waals surface area contributed by atoms with E-state index >= 15 is 0 Å². The fourth-order valence-electron chi connectivity index (χ4n) is 3.24. The Morgan fingerprint density at radius 3 is 2.33 bits per heavy atom. The lowest BCUT2D eigenvalue weighted by molar-refractivity contribution is 0.998. The summed E-state index contributed by atoms with van der Waals surface area (Å²) in [4.78, 5) is 0. The molecule has 0 N–H and O–H groups in total. The molecule has 21 heavy (non-hydrogen) atoms. The van der Waals surface area contributed by atoms with Crippen LogP contribution in [0, 0.1) is 6.92 Å². The molecule has 1 fully saturated rings. The van der Waals surface area contributed by atoms with E-state index in [-0.39, 0.29) is 5.92 Å². The Balaban J connectivity index is 1.86. The molecule has 0 heterocycles. The van der Waals surface area contributed by atoms with Crippen LogP contribution < -0.4 is 0 Å². The molecule has 0 amide bonds. The number of aryl methyl sites for hydroxylation is 1. The standard InChI is InChI=1S/C21H22/c1-14-6-9-19(10-7-14)21-16(3)12-20(17(21)4)13-18-8-5-15(2)11-18/h5-10,13,21H,3-4,11-12H2,1-2H3. The minimum atomic E-state index is 0.285. The van der Waals surface area contributed by atoms with Crippen molar-refractivity contribution in [2.75, 3.05) is 0 Å². The molecule has 0 saturated heterocycles. The van der Waals surface area contributed by atoms with Gasteiger partial charge in [0.1, 0.15) is 0 Å². The van der Waals surface area contributed by atoms with Gasteiger partial charge in [0.25, 0.3) is 0 Å². The summed E-state index contributed by atoms with van der Waals surface area (Å²) >= 11 is 0. The maximum atomic E-state index is 4.35. The molecule has 2 aliphatic carbocycles. The van der Waals surface area contributed by atoms with Crippen LogP contribution in [0.1, 0.15) is 36.8 Å². The highest BCUT2D eigenvalue weighted by molar-refractivity contribution is 5.56. The largest absolute Gasteiger partial charge is 0.0986 e. The van der Waals surface area contributed by atoms with Crippen molar-refractivity contribution in [3.05, 3.63) is 94.6 Å². The van der Waals surface area contributed by atoms with Crippen molar-refractivity contribution in [3.8, 4) is 0 Å². The second kappa shape index (κ2) is 5.37. The first-order valence-electron chi connectivity index (χ1n) is 7.55. The molecule has 1 atom stereocenters. The first-order valence-corrected chi connectivity index (χ1v) is 7.55. The maximum Gasteiger partial charge on any atom is 0.0296 e. The van der Waals surface area contributed by atoms with E-state index in [0.717, 1.165) is 12.8 Å². The minimum Gasteiger partial charge on any atom is -0.0986 e. The van der Waals surface area contributed by atoms with E-state index < -0.39 is 0 Å². The number of benzene rings is 1. The molecule has 0 heteroatoms. The summed E-state index contributed by atoms with van der Waals surface area (Å²) in [6.45, 7) is 12.9. The zero-order valence-electron chi connectivity index (χ0n) is 12.9. The molecule has 1 aromatic carbocycles. The average Bonchev–Trinajstić information content (AvgIpc) is 2.96. The number of hydrogen-bond acceptors (Lipinski definition) is 0. The van der Waals surface area contributed by atoms with Crippen LogP contribution in [0.5, 0.6) is 0 Å². The van der Waals surface area contributed by atoms with E-state index in [1.807, 2.05) is 0 Å². The van der Waals surface area contributed by atoms with Gasteiger partial charge in [-0.3, -0.25) is 0 Å². The molecular formula is C21H22. The maximum absolute atomic E-state index is 4.35. The van der Waals surface area contributed by atoms with Gasteiger partial charge in [0.15, 0.2) is 0 Å². The van der Waals surface area contributed by atoms with Gasteiger partial charge in [-0.05, 0) is 49.0 Å². The first kappa shape index (κ1) is 13.9. The van der Waals surface area contributed by atoms with Gasteiger partial charge in [-0.2, -0.15) is 0 Å². The fraction of sp³-hybridized carbons (Fsp3) is 0.238. The van der Waals surface area contributed by atoms with Crippen molar-refractivity contribution in [1.82, 2.24) is 0 Å². The summed E-state index contributed by atoms with van der Waals surface area (Å²) < 4.78 is 0. The highest BCUT2D eigenvalue weighted by atomic mass is 14.3. The van der Waals surface area contributed by atoms with Gasteiger partial charge in [-0.25, -0.2) is 0 Å². The third-order valence-electron chi connectivity index (χ3n) is 4.42. The molecule has 1 aromatic rings. The van der Waals surface area contributed by atoms with Crippen molar-refractivity contribution >= 4 is 0 Å². The summed E-state index contributed by atoms with van der Waals surface area (Å²) in [7, 11) is 0. The van der Waals surface area contributed by atoms with Crippen LogP contribution in [0.25, 0.3) is 0 Å². The number of rotatable bonds is 2. The van der Waals surface area contributed by atoms with Crippen LogP contribution >= 0.6 is 0 Å². The van der Waals surface area contributed by atoms with Gasteiger partial charge in [-0.1, -0.05) is 72.4 Å². The molecule has 0 radical (unpaired) electrons. The van der Waals surface area contributed by atoms with Crippen molar-refractivity contribution in [2.24, 2.45) is 0 Å². The minimum absolute atomic E-state index is 0.285. The molecular weight excluding hydrogens is 252 g/mol. The van der Waals surface area contributed by atoms with Crippen molar-refractivity contribution < 1.29 is 0 Å². The highest BCUT2D eigenvalue weighted by Crippen LogP contribution is 2.45. The van der Waals surface area contributed by atoms with Crippen LogP contribution in [0.4, 0.5) is 0 Å². The summed E-state index contributed by atoms with van der Waals surface area (Å²) in [5.74, 6) is 0.285. The van der Waals surface area contributed by atoms with E-state index in [1.165, 1.54) is 39.0 Å². The zero-order valence-corrected chi connectivity index (χ0v) is 12.9. The quantitative estimate of drug-likeness (QED) is 0.598. The second-order valence-corrected chi connectivity index (χ2v) is 6.30. The summed E-state index contributed by atoms with van der Waals surface area (Å²) in [6.07, 6.45) is 8.76. The Hall–Kier alpha value is -2.08. The average molecular weight is 274 g/mol. The first-order chi connectivity index (χ1) is 10.0. The monoisotopic (exact) mass is 274 g/mol. The summed E-state index contributed by atoms with van der Waals surface area (Å²) in [5, 5.41) is 0. The molecule has 0 nitrogen and oxygen atoms in total. The van der Waals surface area contributed by atoms with E-state index in [0.29, 0.717) is 0 Å². The summed E-state index contributed by atoms with van der Waals surface area (Å²) in [6, 6.07) is 8.76. The fourth-order valence-corrected chi connectivity index (χ4v) is 3.24. The normalized spacial score (nSPS) is 23.7. The molecule has 0 aliphatic heterocycles. The van der Waals surface area contributed by atoms with Gasteiger partial charge >= 0.3 is 0 Å². The lowest BCUT2D eigenvalue weighted by Crippen LogP contribution is -1.97. The number of allylic oxidation sites excluding steroid dienone is 8. The molecule has 0 bridgehead atoms. The Morgan fingerprint density at radius 1 is 1.00 bits per heavy atom. The Morgan fingerprint density at radius 2 is 1.71 bits per heavy atom. The Bertz CT molecular complexity index is 690. The molecule has 0 aromatic heterocycles. The van der Waals surface area contributed by atoms with E-state index in [2.05, 4.69) is 69.5 Å². The molecule has 3 rings (SSSR count). The van der Waals surface area contributed by atoms with E-state index in [9.17, 15) is 0 Å². The van der Waals surface area contributed by atoms with Gasteiger partial charge < -0.3 is 0 Å². The van der Waals surface area contributed by atoms with Crippen LogP contribution in [0.2, 0.25) is 0 Å². The smallest absolute Gasteiger partial charge is 0.0296 e. The van der Waals surface area contributed by atoms with Crippen molar-refractivity contribution in [3.63, 3.8) is 0 Å². The molecule has 0 spiro atoms. The Labute approximate surface area is 127 Å². The van der Waals surface area contributed by atoms with E-state index in [1.54, 1.807) is 0 Å². The summed E-state index contributed by atoms with van der Waals surface area (Å²) in [5.41, 5.74) is 9.25. The van der Waals surface area contributed by atoms with Gasteiger partial charge in [0.2, 0.25) is 0 Å². The SMILES string of the molecule is C=C1CC(=CC2=CC=C(C)C2)C(=C)C1c1ccc(C)cc1. The second-order valence-electron chi connectivity index (χ2n) is 6.30. The Kier molecular flexibility index (Phi) is 3.55.